The highest BCUT2D eigenvalue weighted by atomic mass is 16.5. The molecular formula is C16H16N2O5. The highest BCUT2D eigenvalue weighted by molar-refractivity contribution is 6.01. The Morgan fingerprint density at radius 2 is 1.91 bits per heavy atom. The first kappa shape index (κ1) is 16.3. The van der Waals surface area contributed by atoms with E-state index in [2.05, 4.69) is 4.98 Å². The van der Waals surface area contributed by atoms with E-state index in [1.54, 1.807) is 12.1 Å². The predicted molar refractivity (Wildman–Crippen MR) is 81.3 cm³/mol. The maximum absolute atomic E-state index is 11.7. The molecule has 0 bridgehead atoms. The molecule has 2 rings (SSSR count). The molecule has 0 aliphatic rings. The standard InChI is InChI=1S/C16H16N2O5/c1-10(19)18-14(15(20)21)16(22)23-9-11-4-6-12(7-5-11)13-3-2-8-17-13/h2-8,14,17H,9H2,1H3,(H,18,19)(H,20,21). The molecule has 23 heavy (non-hydrogen) atoms. The number of esters is 1. The largest absolute Gasteiger partial charge is 0.479 e. The topological polar surface area (TPSA) is 108 Å². The minimum Gasteiger partial charge on any atom is -0.479 e. The minimum atomic E-state index is -1.70. The molecule has 0 spiro atoms. The third kappa shape index (κ3) is 4.44. The number of aromatic nitrogens is 1. The van der Waals surface area contributed by atoms with E-state index in [9.17, 15) is 14.4 Å². The number of H-pyrrole nitrogens is 1. The Kier molecular flexibility index (Phi) is 5.14. The van der Waals surface area contributed by atoms with Gasteiger partial charge in [0.1, 0.15) is 6.61 Å². The van der Waals surface area contributed by atoms with E-state index in [0.717, 1.165) is 18.2 Å². The number of nitrogens with one attached hydrogen (secondary N) is 2. The molecule has 3 N–H and O–H groups in total. The smallest absolute Gasteiger partial charge is 0.340 e. The summed E-state index contributed by atoms with van der Waals surface area (Å²) in [5.41, 5.74) is 2.65. The Balaban J connectivity index is 1.95. The summed E-state index contributed by atoms with van der Waals surface area (Å²) >= 11 is 0. The van der Waals surface area contributed by atoms with Gasteiger partial charge in [0.2, 0.25) is 11.9 Å². The monoisotopic (exact) mass is 316 g/mol. The number of carbonyl (C=O) groups excluding carboxylic acids is 2. The average Bonchev–Trinajstić information content (AvgIpc) is 3.04. The first-order valence-corrected chi connectivity index (χ1v) is 6.86. The van der Waals surface area contributed by atoms with Crippen molar-refractivity contribution in [1.82, 2.24) is 10.3 Å². The van der Waals surface area contributed by atoms with Gasteiger partial charge in [-0.3, -0.25) is 4.79 Å². The van der Waals surface area contributed by atoms with E-state index in [4.69, 9.17) is 9.84 Å². The maximum atomic E-state index is 11.7. The molecule has 1 atom stereocenters. The van der Waals surface area contributed by atoms with Gasteiger partial charge in [0.05, 0.1) is 0 Å². The molecule has 0 aliphatic carbocycles. The van der Waals surface area contributed by atoms with Crippen LogP contribution in [0.3, 0.4) is 0 Å². The third-order valence-corrected chi connectivity index (χ3v) is 3.07. The van der Waals surface area contributed by atoms with Crippen molar-refractivity contribution in [3.63, 3.8) is 0 Å². The zero-order chi connectivity index (χ0) is 16.8. The van der Waals surface area contributed by atoms with Gasteiger partial charge in [0, 0.05) is 18.8 Å². The molecule has 120 valence electrons. The number of hydrogen-bond donors (Lipinski definition) is 3. The lowest BCUT2D eigenvalue weighted by Gasteiger charge is -2.12. The summed E-state index contributed by atoms with van der Waals surface area (Å²) < 4.78 is 4.94. The Labute approximate surface area is 132 Å². The van der Waals surface area contributed by atoms with Gasteiger partial charge in [0.15, 0.2) is 0 Å². The quantitative estimate of drug-likeness (QED) is 0.550. The fourth-order valence-corrected chi connectivity index (χ4v) is 1.95. The lowest BCUT2D eigenvalue weighted by Crippen LogP contribution is -2.46. The summed E-state index contributed by atoms with van der Waals surface area (Å²) in [6.07, 6.45) is 1.82. The lowest BCUT2D eigenvalue weighted by atomic mass is 10.1. The molecule has 7 nitrogen and oxygen atoms in total. The second-order valence-electron chi connectivity index (χ2n) is 4.86. The molecular weight excluding hydrogens is 300 g/mol. The molecule has 1 aromatic carbocycles. The van der Waals surface area contributed by atoms with E-state index < -0.39 is 23.9 Å². The SMILES string of the molecule is CC(=O)NC(C(=O)O)C(=O)OCc1ccc(-c2ccc[nH]2)cc1. The van der Waals surface area contributed by atoms with Crippen LogP contribution in [-0.4, -0.2) is 34.0 Å². The predicted octanol–water partition coefficient (Wildman–Crippen LogP) is 1.31. The highest BCUT2D eigenvalue weighted by Gasteiger charge is 2.28. The van der Waals surface area contributed by atoms with Gasteiger partial charge in [-0.25, -0.2) is 9.59 Å². The van der Waals surface area contributed by atoms with Crippen molar-refractivity contribution in [2.45, 2.75) is 19.6 Å². The van der Waals surface area contributed by atoms with Crippen molar-refractivity contribution < 1.29 is 24.2 Å². The summed E-state index contributed by atoms with van der Waals surface area (Å²) in [4.78, 5) is 36.6. The fourth-order valence-electron chi connectivity index (χ4n) is 1.95. The number of benzene rings is 1. The second-order valence-corrected chi connectivity index (χ2v) is 4.86. The molecule has 0 fully saturated rings. The van der Waals surface area contributed by atoms with Gasteiger partial charge in [-0.05, 0) is 23.3 Å². The summed E-state index contributed by atoms with van der Waals surface area (Å²) in [6.45, 7) is 1.05. The van der Waals surface area contributed by atoms with Gasteiger partial charge >= 0.3 is 11.9 Å². The van der Waals surface area contributed by atoms with Crippen LogP contribution in [0.5, 0.6) is 0 Å². The van der Waals surface area contributed by atoms with Gasteiger partial charge in [-0.15, -0.1) is 0 Å². The van der Waals surface area contributed by atoms with Gasteiger partial charge in [-0.2, -0.15) is 0 Å². The van der Waals surface area contributed by atoms with Gasteiger partial charge in [-0.1, -0.05) is 24.3 Å². The lowest BCUT2D eigenvalue weighted by molar-refractivity contribution is -0.157. The van der Waals surface area contributed by atoms with E-state index in [0.29, 0.717) is 5.56 Å². The molecule has 0 saturated heterocycles. The zero-order valence-corrected chi connectivity index (χ0v) is 12.4. The van der Waals surface area contributed by atoms with Crippen molar-refractivity contribution in [3.05, 3.63) is 48.2 Å². The van der Waals surface area contributed by atoms with Crippen LogP contribution in [0.25, 0.3) is 11.3 Å². The molecule has 1 amide bonds. The van der Waals surface area contributed by atoms with Crippen LogP contribution in [0.1, 0.15) is 12.5 Å². The Morgan fingerprint density at radius 3 is 2.43 bits per heavy atom. The van der Waals surface area contributed by atoms with Crippen molar-refractivity contribution in [1.29, 1.82) is 0 Å². The summed E-state index contributed by atoms with van der Waals surface area (Å²) in [7, 11) is 0. The highest BCUT2D eigenvalue weighted by Crippen LogP contribution is 2.17. The first-order valence-electron chi connectivity index (χ1n) is 6.86. The molecule has 0 aliphatic heterocycles. The molecule has 1 aromatic heterocycles. The normalized spacial score (nSPS) is 11.5. The van der Waals surface area contributed by atoms with Crippen molar-refractivity contribution in [2.24, 2.45) is 0 Å². The number of hydrogen-bond acceptors (Lipinski definition) is 4. The molecule has 2 aromatic rings. The van der Waals surface area contributed by atoms with Crippen LogP contribution in [-0.2, 0) is 25.7 Å². The average molecular weight is 316 g/mol. The number of ether oxygens (including phenoxy) is 1. The number of amides is 1. The molecule has 0 radical (unpaired) electrons. The van der Waals surface area contributed by atoms with Crippen LogP contribution in [0.15, 0.2) is 42.6 Å². The summed E-state index contributed by atoms with van der Waals surface area (Å²) in [6, 6.07) is 9.38. The molecule has 7 heteroatoms. The molecule has 0 saturated carbocycles. The van der Waals surface area contributed by atoms with Gasteiger partial charge < -0.3 is 20.1 Å². The van der Waals surface area contributed by atoms with Crippen molar-refractivity contribution in [3.8, 4) is 11.3 Å². The third-order valence-electron chi connectivity index (χ3n) is 3.07. The number of carboxylic acids is 1. The van der Waals surface area contributed by atoms with Crippen LogP contribution in [0.2, 0.25) is 0 Å². The minimum absolute atomic E-state index is 0.0762. The summed E-state index contributed by atoms with van der Waals surface area (Å²) in [5, 5.41) is 10.9. The Hall–Kier alpha value is -3.09. The summed E-state index contributed by atoms with van der Waals surface area (Å²) in [5.74, 6) is -3.10. The molecule has 1 heterocycles. The Morgan fingerprint density at radius 1 is 1.22 bits per heavy atom. The number of rotatable bonds is 6. The van der Waals surface area contributed by atoms with Crippen molar-refractivity contribution in [2.75, 3.05) is 0 Å². The number of carbonyl (C=O) groups is 3. The number of aromatic amines is 1. The fraction of sp³-hybridized carbons (Fsp3) is 0.188. The number of aliphatic carboxylic acids is 1. The Bertz CT molecular complexity index is 692. The van der Waals surface area contributed by atoms with Crippen LogP contribution >= 0.6 is 0 Å². The van der Waals surface area contributed by atoms with E-state index in [1.165, 1.54) is 0 Å². The van der Waals surface area contributed by atoms with Crippen molar-refractivity contribution >= 4 is 17.8 Å². The zero-order valence-electron chi connectivity index (χ0n) is 12.4. The van der Waals surface area contributed by atoms with E-state index in [1.807, 2.05) is 35.8 Å². The van der Waals surface area contributed by atoms with Crippen LogP contribution in [0.4, 0.5) is 0 Å². The van der Waals surface area contributed by atoms with Gasteiger partial charge in [0.25, 0.3) is 0 Å². The maximum Gasteiger partial charge on any atom is 0.340 e. The van der Waals surface area contributed by atoms with E-state index in [-0.39, 0.29) is 6.61 Å². The second kappa shape index (κ2) is 7.26. The van der Waals surface area contributed by atoms with Crippen LogP contribution in [0, 0.1) is 0 Å². The van der Waals surface area contributed by atoms with E-state index >= 15 is 0 Å². The number of carboxylic acid groups (broad SMARTS) is 1. The molecule has 1 unspecified atom stereocenters. The first-order chi connectivity index (χ1) is 11.0. The van der Waals surface area contributed by atoms with Crippen LogP contribution < -0.4 is 5.32 Å².